The van der Waals surface area contributed by atoms with Gasteiger partial charge in [-0.1, -0.05) is 18.2 Å². The monoisotopic (exact) mass is 449 g/mol. The van der Waals surface area contributed by atoms with Crippen molar-refractivity contribution in [3.63, 3.8) is 0 Å². The van der Waals surface area contributed by atoms with Crippen molar-refractivity contribution in [1.82, 2.24) is 5.32 Å². The lowest BCUT2D eigenvalue weighted by Crippen LogP contribution is -2.49. The third-order valence-electron chi connectivity index (χ3n) is 5.62. The Morgan fingerprint density at radius 2 is 1.78 bits per heavy atom. The number of carboxylic acids is 1. The number of aliphatic carboxylic acids is 1. The molecule has 8 heteroatoms. The molecule has 0 unspecified atom stereocenters. The van der Waals surface area contributed by atoms with Crippen LogP contribution in [0.1, 0.15) is 66.2 Å². The van der Waals surface area contributed by atoms with Gasteiger partial charge < -0.3 is 15.2 Å². The van der Waals surface area contributed by atoms with Crippen molar-refractivity contribution >= 4 is 11.9 Å². The lowest BCUT2D eigenvalue weighted by molar-refractivity contribution is -0.143. The average molecular weight is 449 g/mol. The average Bonchev–Trinajstić information content (AvgIpc) is 2.71. The molecule has 0 fully saturated rings. The van der Waals surface area contributed by atoms with Crippen LogP contribution in [-0.4, -0.2) is 22.5 Å². The number of rotatable bonds is 7. The number of alkyl halides is 2. The lowest BCUT2D eigenvalue weighted by atomic mass is 9.89. The van der Waals surface area contributed by atoms with E-state index in [0.29, 0.717) is 13.3 Å². The number of amides is 1. The Hall–Kier alpha value is -3.03. The van der Waals surface area contributed by atoms with Gasteiger partial charge in [0.15, 0.2) is 0 Å². The van der Waals surface area contributed by atoms with E-state index in [1.165, 1.54) is 19.9 Å². The number of hydrogen-bond donors (Lipinski definition) is 2. The first-order valence-electron chi connectivity index (χ1n) is 10.4. The van der Waals surface area contributed by atoms with Gasteiger partial charge in [-0.3, -0.25) is 4.79 Å². The summed E-state index contributed by atoms with van der Waals surface area (Å²) in [5.41, 5.74) is 0.126. The fourth-order valence-corrected chi connectivity index (χ4v) is 3.63. The van der Waals surface area contributed by atoms with E-state index >= 15 is 0 Å². The number of halogens is 3. The first-order chi connectivity index (χ1) is 14.9. The summed E-state index contributed by atoms with van der Waals surface area (Å²) in [6, 6.07) is 6.56. The molecule has 0 spiro atoms. The number of ether oxygens (including phenoxy) is 1. The Morgan fingerprint density at radius 3 is 2.41 bits per heavy atom. The van der Waals surface area contributed by atoms with Gasteiger partial charge in [0, 0.05) is 18.1 Å². The van der Waals surface area contributed by atoms with Crippen LogP contribution in [0.3, 0.4) is 0 Å². The fourth-order valence-electron chi connectivity index (χ4n) is 3.63. The van der Waals surface area contributed by atoms with E-state index in [-0.39, 0.29) is 23.5 Å². The van der Waals surface area contributed by atoms with E-state index < -0.39 is 34.7 Å². The van der Waals surface area contributed by atoms with Crippen molar-refractivity contribution in [1.29, 1.82) is 0 Å². The van der Waals surface area contributed by atoms with E-state index in [0.717, 1.165) is 42.5 Å². The van der Waals surface area contributed by atoms with Gasteiger partial charge >= 0.3 is 5.97 Å². The molecule has 0 saturated carbocycles. The van der Waals surface area contributed by atoms with Gasteiger partial charge in [-0.05, 0) is 62.8 Å². The predicted octanol–water partition coefficient (Wildman–Crippen LogP) is 4.99. The minimum Gasteiger partial charge on any atom is -0.488 e. The second kappa shape index (κ2) is 8.84. The van der Waals surface area contributed by atoms with Gasteiger partial charge in [0.25, 0.3) is 11.8 Å². The van der Waals surface area contributed by atoms with Crippen LogP contribution in [0.15, 0.2) is 30.3 Å². The van der Waals surface area contributed by atoms with Crippen LogP contribution in [0.2, 0.25) is 0 Å². The quantitative estimate of drug-likeness (QED) is 0.625. The van der Waals surface area contributed by atoms with Crippen LogP contribution in [0.25, 0.3) is 0 Å². The molecule has 2 N–H and O–H groups in total. The molecule has 3 rings (SSSR count). The normalized spacial score (nSPS) is 13.9. The van der Waals surface area contributed by atoms with Crippen molar-refractivity contribution < 1.29 is 32.6 Å². The number of carbonyl (C=O) groups is 2. The maximum Gasteiger partial charge on any atom is 0.328 e. The molecule has 0 aliphatic heterocycles. The zero-order valence-corrected chi connectivity index (χ0v) is 18.2. The molecular formula is C24H26F3NO4. The first-order valence-corrected chi connectivity index (χ1v) is 10.4. The highest BCUT2D eigenvalue weighted by molar-refractivity contribution is 6.00. The van der Waals surface area contributed by atoms with Gasteiger partial charge in [-0.15, -0.1) is 0 Å². The molecule has 1 aliphatic carbocycles. The molecule has 2 aromatic carbocycles. The van der Waals surface area contributed by atoms with Crippen molar-refractivity contribution in [2.75, 3.05) is 0 Å². The Kier molecular flexibility index (Phi) is 6.53. The van der Waals surface area contributed by atoms with Crippen LogP contribution >= 0.6 is 0 Å². The molecule has 172 valence electrons. The molecule has 0 radical (unpaired) electrons. The van der Waals surface area contributed by atoms with Crippen LogP contribution in [0.4, 0.5) is 13.2 Å². The Labute approximate surface area is 184 Å². The van der Waals surface area contributed by atoms with E-state index in [9.17, 15) is 27.9 Å². The predicted molar refractivity (Wildman–Crippen MR) is 113 cm³/mol. The molecule has 0 heterocycles. The second-order valence-electron chi connectivity index (χ2n) is 8.65. The van der Waals surface area contributed by atoms with Crippen molar-refractivity contribution in [3.05, 3.63) is 64.0 Å². The van der Waals surface area contributed by atoms with Crippen LogP contribution in [0, 0.1) is 5.82 Å². The topological polar surface area (TPSA) is 75.6 Å². The number of carbonyl (C=O) groups excluding carboxylic acids is 1. The van der Waals surface area contributed by atoms with Gasteiger partial charge in [0.1, 0.15) is 23.7 Å². The Balaban J connectivity index is 1.93. The number of hydrogen-bond acceptors (Lipinski definition) is 3. The fraction of sp³-hybridized carbons (Fsp3) is 0.417. The first kappa shape index (κ1) is 23.6. The zero-order valence-electron chi connectivity index (χ0n) is 18.2. The maximum absolute atomic E-state index is 14.4. The molecule has 1 aliphatic rings. The van der Waals surface area contributed by atoms with Gasteiger partial charge in [0.2, 0.25) is 0 Å². The van der Waals surface area contributed by atoms with Crippen molar-refractivity contribution in [2.24, 2.45) is 0 Å². The smallest absolute Gasteiger partial charge is 0.328 e. The molecular weight excluding hydrogens is 423 g/mol. The summed E-state index contributed by atoms with van der Waals surface area (Å²) >= 11 is 0. The molecule has 0 atom stereocenters. The number of fused-ring (bicyclic) bond motifs is 1. The molecule has 1 amide bonds. The molecule has 0 saturated heterocycles. The highest BCUT2D eigenvalue weighted by Gasteiger charge is 2.31. The number of aryl methyl sites for hydroxylation is 1. The lowest BCUT2D eigenvalue weighted by Gasteiger charge is -2.25. The zero-order chi connectivity index (χ0) is 23.7. The number of nitrogens with one attached hydrogen (secondary N) is 1. The van der Waals surface area contributed by atoms with E-state index in [1.807, 2.05) is 6.07 Å². The summed E-state index contributed by atoms with van der Waals surface area (Å²) in [6.45, 7) is 3.16. The standard InChI is InChI=1S/C24H26F3NO4/c1-23(2,22(30)31)28-21(29)18-11-9-14-6-4-5-7-17(14)20(18)32-13-15-8-10-16(12-19(15)25)24(3,26)27/h8-12H,4-7,13H2,1-3H3,(H,28,29)(H,30,31). The highest BCUT2D eigenvalue weighted by atomic mass is 19.3. The van der Waals surface area contributed by atoms with Gasteiger partial charge in [-0.25, -0.2) is 18.0 Å². The van der Waals surface area contributed by atoms with Crippen LogP contribution in [-0.2, 0) is 30.2 Å². The minimum absolute atomic E-state index is 0.0728. The largest absolute Gasteiger partial charge is 0.488 e. The molecule has 2 aromatic rings. The minimum atomic E-state index is -3.17. The van der Waals surface area contributed by atoms with Gasteiger partial charge in [-0.2, -0.15) is 0 Å². The molecule has 0 bridgehead atoms. The summed E-state index contributed by atoms with van der Waals surface area (Å²) < 4.78 is 47.2. The summed E-state index contributed by atoms with van der Waals surface area (Å²) in [4.78, 5) is 24.3. The summed E-state index contributed by atoms with van der Waals surface area (Å²) in [5.74, 6) is -5.54. The number of benzene rings is 2. The third kappa shape index (κ3) is 5.06. The summed E-state index contributed by atoms with van der Waals surface area (Å²) in [5, 5.41) is 11.8. The second-order valence-corrected chi connectivity index (χ2v) is 8.65. The van der Waals surface area contributed by atoms with E-state index in [1.54, 1.807) is 6.07 Å². The Bertz CT molecular complexity index is 1040. The molecule has 0 aromatic heterocycles. The Morgan fingerprint density at radius 1 is 1.09 bits per heavy atom. The van der Waals surface area contributed by atoms with Gasteiger partial charge in [0.05, 0.1) is 5.56 Å². The summed E-state index contributed by atoms with van der Waals surface area (Å²) in [6.07, 6.45) is 3.36. The van der Waals surface area contributed by atoms with E-state index in [2.05, 4.69) is 5.32 Å². The maximum atomic E-state index is 14.4. The highest BCUT2D eigenvalue weighted by Crippen LogP contribution is 2.34. The molecule has 32 heavy (non-hydrogen) atoms. The van der Waals surface area contributed by atoms with Crippen LogP contribution < -0.4 is 10.1 Å². The third-order valence-corrected chi connectivity index (χ3v) is 5.62. The van der Waals surface area contributed by atoms with Crippen molar-refractivity contribution in [2.45, 2.75) is 64.5 Å². The molecule has 5 nitrogen and oxygen atoms in total. The summed E-state index contributed by atoms with van der Waals surface area (Å²) in [7, 11) is 0. The van der Waals surface area contributed by atoms with Crippen molar-refractivity contribution in [3.8, 4) is 5.75 Å². The van der Waals surface area contributed by atoms with Crippen LogP contribution in [0.5, 0.6) is 5.75 Å². The SMILES string of the molecule is CC(C)(NC(=O)c1ccc2c(c1OCc1ccc(C(C)(F)F)cc1F)CCCC2)C(=O)O. The number of carboxylic acid groups (broad SMARTS) is 1. The van der Waals surface area contributed by atoms with E-state index in [4.69, 9.17) is 4.74 Å².